The van der Waals surface area contributed by atoms with Crippen LogP contribution in [0.4, 0.5) is 0 Å². The maximum absolute atomic E-state index is 9.60. The Morgan fingerprint density at radius 1 is 0.406 bits per heavy atom. The van der Waals surface area contributed by atoms with Crippen LogP contribution < -0.4 is 0 Å². The van der Waals surface area contributed by atoms with E-state index < -0.39 is 0 Å². The Kier molecular flexibility index (Phi) is 7.85. The second kappa shape index (κ2) is 13.7. The molecule has 5 heteroatoms. The van der Waals surface area contributed by atoms with Crippen LogP contribution in [-0.4, -0.2) is 15.0 Å². The first kappa shape index (κ1) is 36.6. The van der Waals surface area contributed by atoms with E-state index in [0.29, 0.717) is 23.0 Å². The van der Waals surface area contributed by atoms with Crippen LogP contribution in [0.3, 0.4) is 0 Å². The van der Waals surface area contributed by atoms with Gasteiger partial charge in [0.05, 0.1) is 11.6 Å². The molecule has 0 radical (unpaired) electrons. The monoisotopic (exact) mass is 832 g/mol. The van der Waals surface area contributed by atoms with Gasteiger partial charge in [0.15, 0.2) is 17.5 Å². The smallest absolute Gasteiger partial charge is 0.164 e. The molecule has 0 saturated heterocycles. The summed E-state index contributed by atoms with van der Waals surface area (Å²) in [6, 6.07) is 67.4. The number of aromatic nitrogens is 3. The van der Waals surface area contributed by atoms with Crippen molar-refractivity contribution in [2.24, 2.45) is 0 Å². The zero-order chi connectivity index (χ0) is 42.7. The number of nitriles is 1. The normalized spacial score (nSPS) is 13.0. The van der Waals surface area contributed by atoms with Crippen molar-refractivity contribution in [1.82, 2.24) is 15.0 Å². The molecule has 9 aromatic carbocycles. The van der Waals surface area contributed by atoms with Crippen molar-refractivity contribution >= 4 is 42.3 Å². The number of thiophene rings is 1. The number of hydrogen-bond acceptors (Lipinski definition) is 5. The lowest BCUT2D eigenvalue weighted by molar-refractivity contribution is 0.660. The third kappa shape index (κ3) is 5.36. The summed E-state index contributed by atoms with van der Waals surface area (Å²) in [7, 11) is 0. The average Bonchev–Trinajstić information content (AvgIpc) is 3.97. The number of fused-ring (bicyclic) bond motifs is 9. The standard InChI is InChI=1S/C59H36N4S/c1-59(2)49-17-9-8-15-47(49)53-48(16-10-18-50(53)59)58-62-56(36-11-4-3-5-12-36)61-57(63-58)37-22-20-35(21-23-37)39-27-29-45-41-13-6-7-14-42(41)46-30-28-40(54(39)55(45)46)38-24-26-44-43-25-19-34(33-60)31-51(43)64-52(44)32-38/h3-32H,1-2H3. The highest BCUT2D eigenvalue weighted by Gasteiger charge is 2.37. The molecule has 2 aliphatic carbocycles. The lowest BCUT2D eigenvalue weighted by Gasteiger charge is -2.21. The second-order valence-electron chi connectivity index (χ2n) is 17.4. The first-order valence-electron chi connectivity index (χ1n) is 21.7. The van der Waals surface area contributed by atoms with Gasteiger partial charge in [0.2, 0.25) is 0 Å². The van der Waals surface area contributed by atoms with E-state index in [1.165, 1.54) is 87.4 Å². The van der Waals surface area contributed by atoms with Gasteiger partial charge < -0.3 is 0 Å². The zero-order valence-electron chi connectivity index (χ0n) is 35.0. The topological polar surface area (TPSA) is 62.5 Å². The Hall–Kier alpha value is -8.04. The molecule has 13 rings (SSSR count). The van der Waals surface area contributed by atoms with Gasteiger partial charge in [-0.05, 0) is 95.7 Å². The van der Waals surface area contributed by atoms with Gasteiger partial charge in [0, 0.05) is 42.3 Å². The number of rotatable bonds is 5. The molecule has 0 unspecified atom stereocenters. The molecule has 0 fully saturated rings. The number of hydrogen-bond donors (Lipinski definition) is 0. The molecule has 4 nitrogen and oxygen atoms in total. The van der Waals surface area contributed by atoms with E-state index in [0.717, 1.165) is 27.0 Å². The molecule has 0 N–H and O–H groups in total. The highest BCUT2D eigenvalue weighted by Crippen LogP contribution is 2.54. The Morgan fingerprint density at radius 2 is 0.922 bits per heavy atom. The lowest BCUT2D eigenvalue weighted by Crippen LogP contribution is -2.14. The summed E-state index contributed by atoms with van der Waals surface area (Å²) in [6.07, 6.45) is 0. The van der Waals surface area contributed by atoms with E-state index in [-0.39, 0.29) is 5.41 Å². The first-order valence-corrected chi connectivity index (χ1v) is 22.5. The second-order valence-corrected chi connectivity index (χ2v) is 18.5. The fourth-order valence-corrected chi connectivity index (χ4v) is 11.7. The highest BCUT2D eigenvalue weighted by molar-refractivity contribution is 7.25. The minimum atomic E-state index is -0.143. The van der Waals surface area contributed by atoms with Gasteiger partial charge in [0.25, 0.3) is 0 Å². The number of benzene rings is 9. The van der Waals surface area contributed by atoms with Crippen LogP contribution >= 0.6 is 11.3 Å². The van der Waals surface area contributed by atoms with E-state index in [1.54, 1.807) is 11.3 Å². The van der Waals surface area contributed by atoms with Gasteiger partial charge in [-0.1, -0.05) is 178 Å². The highest BCUT2D eigenvalue weighted by atomic mass is 32.1. The number of nitrogens with zero attached hydrogens (tertiary/aromatic N) is 4. The largest absolute Gasteiger partial charge is 0.208 e. The van der Waals surface area contributed by atoms with Crippen molar-refractivity contribution in [2.75, 3.05) is 0 Å². The van der Waals surface area contributed by atoms with E-state index in [1.807, 2.05) is 30.3 Å². The van der Waals surface area contributed by atoms with Gasteiger partial charge in [-0.3, -0.25) is 0 Å². The molecule has 2 aliphatic rings. The van der Waals surface area contributed by atoms with Crippen molar-refractivity contribution in [3.05, 3.63) is 199 Å². The summed E-state index contributed by atoms with van der Waals surface area (Å²) in [5, 5.41) is 14.5. The summed E-state index contributed by atoms with van der Waals surface area (Å²) in [6.45, 7) is 4.61. The predicted octanol–water partition coefficient (Wildman–Crippen LogP) is 15.6. The van der Waals surface area contributed by atoms with E-state index in [2.05, 4.69) is 172 Å². The minimum absolute atomic E-state index is 0.143. The maximum Gasteiger partial charge on any atom is 0.164 e. The molecule has 2 heterocycles. The van der Waals surface area contributed by atoms with Crippen molar-refractivity contribution in [3.8, 4) is 95.9 Å². The first-order chi connectivity index (χ1) is 31.4. The Bertz CT molecular complexity index is 3790. The van der Waals surface area contributed by atoms with Crippen molar-refractivity contribution in [1.29, 1.82) is 5.26 Å². The maximum atomic E-state index is 9.60. The van der Waals surface area contributed by atoms with Gasteiger partial charge >= 0.3 is 0 Å². The predicted molar refractivity (Wildman–Crippen MR) is 264 cm³/mol. The average molecular weight is 833 g/mol. The van der Waals surface area contributed by atoms with Crippen LogP contribution in [0.25, 0.3) is 121 Å². The Morgan fingerprint density at radius 3 is 1.64 bits per heavy atom. The molecule has 64 heavy (non-hydrogen) atoms. The van der Waals surface area contributed by atoms with Gasteiger partial charge in [-0.25, -0.2) is 15.0 Å². The summed E-state index contributed by atoms with van der Waals surface area (Å²) >= 11 is 1.75. The van der Waals surface area contributed by atoms with Crippen molar-refractivity contribution in [2.45, 2.75) is 19.3 Å². The third-order valence-corrected chi connectivity index (χ3v) is 14.7. The van der Waals surface area contributed by atoms with Gasteiger partial charge in [0.1, 0.15) is 0 Å². The SMILES string of the molecule is CC1(C)c2ccccc2-c2c(-c3nc(-c4ccccc4)nc(-c4ccc(-c5ccc6c7c(ccc(-c8ccc9c(c8)sc8cc(C#N)ccc89)c57)-c5ccccc5-6)cc4)n3)cccc21. The summed E-state index contributed by atoms with van der Waals surface area (Å²) in [5.41, 5.74) is 18.2. The van der Waals surface area contributed by atoms with E-state index >= 15 is 0 Å². The van der Waals surface area contributed by atoms with Crippen LogP contribution in [-0.2, 0) is 5.41 Å². The fraction of sp³-hybridized carbons (Fsp3) is 0.0508. The van der Waals surface area contributed by atoms with Crippen LogP contribution in [0.1, 0.15) is 30.5 Å². The Labute approximate surface area is 374 Å². The van der Waals surface area contributed by atoms with E-state index in [4.69, 9.17) is 15.0 Å². The molecule has 11 aromatic rings. The molecule has 2 aromatic heterocycles. The Balaban J connectivity index is 0.973. The molecule has 0 saturated carbocycles. The molecule has 298 valence electrons. The van der Waals surface area contributed by atoms with Crippen LogP contribution in [0.5, 0.6) is 0 Å². The molecular weight excluding hydrogens is 797 g/mol. The van der Waals surface area contributed by atoms with Gasteiger partial charge in [-0.15, -0.1) is 11.3 Å². The quantitative estimate of drug-likeness (QED) is 0.173. The van der Waals surface area contributed by atoms with Crippen LogP contribution in [0.15, 0.2) is 182 Å². The summed E-state index contributed by atoms with van der Waals surface area (Å²) in [4.78, 5) is 15.6. The minimum Gasteiger partial charge on any atom is -0.208 e. The molecule has 0 spiro atoms. The van der Waals surface area contributed by atoms with E-state index in [9.17, 15) is 5.26 Å². The van der Waals surface area contributed by atoms with Gasteiger partial charge in [-0.2, -0.15) is 5.26 Å². The van der Waals surface area contributed by atoms with Crippen molar-refractivity contribution in [3.63, 3.8) is 0 Å². The summed E-state index contributed by atoms with van der Waals surface area (Å²) in [5.74, 6) is 1.94. The van der Waals surface area contributed by atoms with Crippen LogP contribution in [0.2, 0.25) is 0 Å². The zero-order valence-corrected chi connectivity index (χ0v) is 35.8. The fourth-order valence-electron chi connectivity index (χ4n) is 10.5. The molecular formula is C59H36N4S. The molecule has 0 bridgehead atoms. The molecule has 0 atom stereocenters. The molecule has 0 aliphatic heterocycles. The van der Waals surface area contributed by atoms with Crippen molar-refractivity contribution < 1.29 is 0 Å². The molecule has 0 amide bonds. The third-order valence-electron chi connectivity index (χ3n) is 13.6. The van der Waals surface area contributed by atoms with Crippen LogP contribution in [0, 0.1) is 11.3 Å². The lowest BCUT2D eigenvalue weighted by atomic mass is 9.82. The summed E-state index contributed by atoms with van der Waals surface area (Å²) < 4.78 is 2.34.